The Kier molecular flexibility index (Phi) is 8.80. The van der Waals surface area contributed by atoms with E-state index in [2.05, 4.69) is 30.1 Å². The lowest BCUT2D eigenvalue weighted by Gasteiger charge is -2.44. The van der Waals surface area contributed by atoms with Crippen molar-refractivity contribution < 1.29 is 14.2 Å². The third kappa shape index (κ3) is 4.89. The Labute approximate surface area is 169 Å². The van der Waals surface area contributed by atoms with Crippen molar-refractivity contribution in [3.8, 4) is 17.2 Å². The van der Waals surface area contributed by atoms with E-state index in [0.29, 0.717) is 19.3 Å². The molecule has 1 aromatic carbocycles. The standard InChI is InChI=1S/C19H30N2O3.2ClH/c1-5-22-16-8-7-14-15(21-11-9-20-10-12-21)13-19(3,4)24-17(14)18(16)23-6-2;;/h7-8,15,20H,5-6,9-13H2,1-4H3;2*1H. The van der Waals surface area contributed by atoms with Crippen LogP contribution in [0.3, 0.4) is 0 Å². The molecule has 0 aromatic heterocycles. The molecule has 0 bridgehead atoms. The molecule has 1 atom stereocenters. The summed E-state index contributed by atoms with van der Waals surface area (Å²) in [4.78, 5) is 2.57. The Morgan fingerprint density at radius 1 is 1.12 bits per heavy atom. The number of piperazine rings is 1. The lowest BCUT2D eigenvalue weighted by atomic mass is 9.88. The van der Waals surface area contributed by atoms with E-state index >= 15 is 0 Å². The van der Waals surface area contributed by atoms with Gasteiger partial charge in [-0.3, -0.25) is 4.90 Å². The second-order valence-electron chi connectivity index (χ2n) is 7.04. The van der Waals surface area contributed by atoms with Crippen LogP contribution in [0.25, 0.3) is 0 Å². The van der Waals surface area contributed by atoms with Gasteiger partial charge in [-0.25, -0.2) is 0 Å². The number of hydrogen-bond donors (Lipinski definition) is 1. The van der Waals surface area contributed by atoms with Gasteiger partial charge >= 0.3 is 0 Å². The van der Waals surface area contributed by atoms with Crippen molar-refractivity contribution in [2.24, 2.45) is 0 Å². The number of fused-ring (bicyclic) bond motifs is 1. The average Bonchev–Trinajstić information content (AvgIpc) is 2.57. The third-order valence-corrected chi connectivity index (χ3v) is 4.71. The maximum absolute atomic E-state index is 6.36. The minimum absolute atomic E-state index is 0. The Balaban J connectivity index is 0.00000169. The summed E-state index contributed by atoms with van der Waals surface area (Å²) < 4.78 is 18.1. The molecule has 26 heavy (non-hydrogen) atoms. The lowest BCUT2D eigenvalue weighted by Crippen LogP contribution is -2.48. The minimum atomic E-state index is -0.223. The molecule has 2 heterocycles. The van der Waals surface area contributed by atoms with Gasteiger partial charge in [0, 0.05) is 44.2 Å². The number of halogens is 2. The fraction of sp³-hybridized carbons (Fsp3) is 0.684. The molecule has 1 aromatic rings. The van der Waals surface area contributed by atoms with Gasteiger partial charge in [-0.2, -0.15) is 0 Å². The third-order valence-electron chi connectivity index (χ3n) is 4.71. The monoisotopic (exact) mass is 406 g/mol. The first-order valence-electron chi connectivity index (χ1n) is 9.12. The van der Waals surface area contributed by atoms with Crippen LogP contribution in [0.2, 0.25) is 0 Å². The van der Waals surface area contributed by atoms with E-state index in [1.165, 1.54) is 5.56 Å². The Bertz CT molecular complexity index is 578. The molecule has 150 valence electrons. The van der Waals surface area contributed by atoms with Crippen LogP contribution < -0.4 is 19.5 Å². The first kappa shape index (κ1) is 23.2. The van der Waals surface area contributed by atoms with Gasteiger partial charge < -0.3 is 19.5 Å². The molecule has 2 aliphatic heterocycles. The van der Waals surface area contributed by atoms with Gasteiger partial charge in [0.1, 0.15) is 5.60 Å². The summed E-state index contributed by atoms with van der Waals surface area (Å²) in [5.74, 6) is 2.39. The Morgan fingerprint density at radius 3 is 2.38 bits per heavy atom. The Hall–Kier alpha value is -0.880. The second-order valence-corrected chi connectivity index (χ2v) is 7.04. The first-order valence-corrected chi connectivity index (χ1v) is 9.12. The van der Waals surface area contributed by atoms with Crippen molar-refractivity contribution in [3.63, 3.8) is 0 Å². The molecule has 1 fully saturated rings. The van der Waals surface area contributed by atoms with Crippen molar-refractivity contribution >= 4 is 24.8 Å². The summed E-state index contributed by atoms with van der Waals surface area (Å²) in [7, 11) is 0. The van der Waals surface area contributed by atoms with Gasteiger partial charge in [0.25, 0.3) is 0 Å². The highest BCUT2D eigenvalue weighted by Gasteiger charge is 2.39. The second kappa shape index (κ2) is 9.88. The Morgan fingerprint density at radius 2 is 1.77 bits per heavy atom. The number of ether oxygens (including phenoxy) is 3. The number of nitrogens with zero attached hydrogens (tertiary/aromatic N) is 1. The summed E-state index contributed by atoms with van der Waals surface area (Å²) in [5, 5.41) is 3.44. The van der Waals surface area contributed by atoms with E-state index in [1.807, 2.05) is 19.9 Å². The number of benzene rings is 1. The summed E-state index contributed by atoms with van der Waals surface area (Å²) in [6.07, 6.45) is 0.986. The molecule has 1 saturated heterocycles. The summed E-state index contributed by atoms with van der Waals surface area (Å²) in [5.41, 5.74) is 1.00. The molecule has 3 rings (SSSR count). The summed E-state index contributed by atoms with van der Waals surface area (Å²) in [6.45, 7) is 13.7. The fourth-order valence-corrected chi connectivity index (χ4v) is 3.69. The highest BCUT2D eigenvalue weighted by atomic mass is 35.5. The highest BCUT2D eigenvalue weighted by Crippen LogP contribution is 2.50. The van der Waals surface area contributed by atoms with E-state index in [0.717, 1.165) is 49.8 Å². The van der Waals surface area contributed by atoms with Crippen molar-refractivity contribution in [2.75, 3.05) is 39.4 Å². The van der Waals surface area contributed by atoms with E-state index in [4.69, 9.17) is 14.2 Å². The fourth-order valence-electron chi connectivity index (χ4n) is 3.69. The van der Waals surface area contributed by atoms with Gasteiger partial charge in [-0.05, 0) is 39.8 Å². The molecule has 0 aliphatic carbocycles. The van der Waals surface area contributed by atoms with Gasteiger partial charge in [0.05, 0.1) is 13.2 Å². The quantitative estimate of drug-likeness (QED) is 0.804. The smallest absolute Gasteiger partial charge is 0.203 e. The maximum Gasteiger partial charge on any atom is 0.203 e. The number of hydrogen-bond acceptors (Lipinski definition) is 5. The molecular formula is C19H32Cl2N2O3. The topological polar surface area (TPSA) is 43.0 Å². The van der Waals surface area contributed by atoms with Crippen molar-refractivity contribution in [2.45, 2.75) is 45.8 Å². The van der Waals surface area contributed by atoms with Gasteiger partial charge in [0.2, 0.25) is 5.75 Å². The normalized spacial score (nSPS) is 21.5. The van der Waals surface area contributed by atoms with E-state index < -0.39 is 0 Å². The molecule has 0 radical (unpaired) electrons. The van der Waals surface area contributed by atoms with Crippen LogP contribution in [0, 0.1) is 0 Å². The molecule has 2 aliphatic rings. The zero-order valence-electron chi connectivity index (χ0n) is 16.2. The molecule has 0 spiro atoms. The molecule has 0 saturated carbocycles. The summed E-state index contributed by atoms with van der Waals surface area (Å²) >= 11 is 0. The van der Waals surface area contributed by atoms with Crippen molar-refractivity contribution in [1.82, 2.24) is 10.2 Å². The van der Waals surface area contributed by atoms with E-state index in [-0.39, 0.29) is 30.4 Å². The molecule has 7 heteroatoms. The minimum Gasteiger partial charge on any atom is -0.490 e. The molecule has 0 amide bonds. The molecule has 1 N–H and O–H groups in total. The molecule has 5 nitrogen and oxygen atoms in total. The van der Waals surface area contributed by atoms with Crippen LogP contribution in [0.1, 0.15) is 45.7 Å². The predicted octanol–water partition coefficient (Wildman–Crippen LogP) is 3.84. The van der Waals surface area contributed by atoms with Gasteiger partial charge in [-0.1, -0.05) is 0 Å². The highest BCUT2D eigenvalue weighted by molar-refractivity contribution is 5.85. The maximum atomic E-state index is 6.36. The molecule has 1 unspecified atom stereocenters. The lowest BCUT2D eigenvalue weighted by molar-refractivity contribution is 0.0225. The van der Waals surface area contributed by atoms with Gasteiger partial charge in [-0.15, -0.1) is 24.8 Å². The zero-order chi connectivity index (χ0) is 17.2. The number of rotatable bonds is 5. The van der Waals surface area contributed by atoms with Crippen molar-refractivity contribution in [1.29, 1.82) is 0 Å². The van der Waals surface area contributed by atoms with Crippen LogP contribution in [0.5, 0.6) is 17.2 Å². The van der Waals surface area contributed by atoms with Gasteiger partial charge in [0.15, 0.2) is 11.5 Å². The van der Waals surface area contributed by atoms with E-state index in [1.54, 1.807) is 0 Å². The predicted molar refractivity (Wildman–Crippen MR) is 110 cm³/mol. The first-order chi connectivity index (χ1) is 11.6. The largest absolute Gasteiger partial charge is 0.490 e. The van der Waals surface area contributed by atoms with Crippen molar-refractivity contribution in [3.05, 3.63) is 17.7 Å². The molecular weight excluding hydrogens is 375 g/mol. The average molecular weight is 407 g/mol. The number of nitrogens with one attached hydrogen (secondary N) is 1. The van der Waals surface area contributed by atoms with Crippen LogP contribution in [0.4, 0.5) is 0 Å². The zero-order valence-corrected chi connectivity index (χ0v) is 17.8. The van der Waals surface area contributed by atoms with E-state index in [9.17, 15) is 0 Å². The van der Waals surface area contributed by atoms with Crippen LogP contribution in [-0.2, 0) is 0 Å². The van der Waals surface area contributed by atoms with Crippen LogP contribution >= 0.6 is 24.8 Å². The van der Waals surface area contributed by atoms with Crippen LogP contribution in [-0.4, -0.2) is 49.9 Å². The summed E-state index contributed by atoms with van der Waals surface area (Å²) in [6, 6.07) is 4.55. The SMILES string of the molecule is CCOc1ccc2c(c1OCC)OC(C)(C)CC2N1CCNCC1.Cl.Cl. The van der Waals surface area contributed by atoms with Crippen LogP contribution in [0.15, 0.2) is 12.1 Å².